The second-order valence-electron chi connectivity index (χ2n) is 7.67. The average Bonchev–Trinajstić information content (AvgIpc) is 2.83. The van der Waals surface area contributed by atoms with Gasteiger partial charge in [0.25, 0.3) is 5.91 Å². The number of anilines is 1. The van der Waals surface area contributed by atoms with Crippen molar-refractivity contribution >= 4 is 23.5 Å². The Morgan fingerprint density at radius 2 is 1.85 bits per heavy atom. The molecule has 1 heterocycles. The van der Waals surface area contributed by atoms with Gasteiger partial charge in [0.2, 0.25) is 0 Å². The normalized spacial score (nSPS) is 16.5. The van der Waals surface area contributed by atoms with Crippen LogP contribution in [0, 0.1) is 11.6 Å². The van der Waals surface area contributed by atoms with Gasteiger partial charge >= 0.3 is 6.09 Å². The molecule has 8 nitrogen and oxygen atoms in total. The highest BCUT2D eigenvalue weighted by Gasteiger charge is 2.30. The quantitative estimate of drug-likeness (QED) is 0.583. The van der Waals surface area contributed by atoms with Gasteiger partial charge in [0.15, 0.2) is 29.3 Å². The van der Waals surface area contributed by atoms with Crippen LogP contribution >= 0.6 is 0 Å². The fourth-order valence-electron chi connectivity index (χ4n) is 3.40. The van der Waals surface area contributed by atoms with Crippen molar-refractivity contribution < 1.29 is 37.4 Å². The van der Waals surface area contributed by atoms with Crippen LogP contribution in [0.15, 0.2) is 42.5 Å². The third kappa shape index (κ3) is 6.50. The van der Waals surface area contributed by atoms with Gasteiger partial charge in [0, 0.05) is 24.2 Å². The first-order valence-electron chi connectivity index (χ1n) is 10.9. The number of carbonyl (C=O) groups excluding carboxylic acids is 3. The Bertz CT molecular complexity index is 1010. The van der Waals surface area contributed by atoms with E-state index in [0.29, 0.717) is 5.69 Å². The van der Waals surface area contributed by atoms with Crippen molar-refractivity contribution in [2.24, 2.45) is 0 Å². The SMILES string of the molecule is CCC(=O)c1cc(F)c(OCC2CN(C(=O)[C@@H](C)OC(=O)Nc3ccccc3)CCO2)c(F)c1. The van der Waals surface area contributed by atoms with Gasteiger partial charge in [-0.1, -0.05) is 25.1 Å². The van der Waals surface area contributed by atoms with Crippen molar-refractivity contribution in [3.63, 3.8) is 0 Å². The van der Waals surface area contributed by atoms with Gasteiger partial charge in [0.05, 0.1) is 13.2 Å². The molecule has 2 amide bonds. The van der Waals surface area contributed by atoms with E-state index in [2.05, 4.69) is 5.32 Å². The summed E-state index contributed by atoms with van der Waals surface area (Å²) in [5.41, 5.74) is 0.461. The van der Waals surface area contributed by atoms with Gasteiger partial charge in [0.1, 0.15) is 12.7 Å². The van der Waals surface area contributed by atoms with Crippen LogP contribution in [0.4, 0.5) is 19.3 Å². The number of hydrogen-bond acceptors (Lipinski definition) is 6. The topological polar surface area (TPSA) is 94.2 Å². The number of para-hydroxylation sites is 1. The number of ether oxygens (including phenoxy) is 3. The maximum atomic E-state index is 14.3. The van der Waals surface area contributed by atoms with Gasteiger partial charge in [-0.3, -0.25) is 14.9 Å². The van der Waals surface area contributed by atoms with Gasteiger partial charge in [-0.05, 0) is 31.2 Å². The third-order valence-electron chi connectivity index (χ3n) is 5.16. The molecular formula is C24H26F2N2O6. The van der Waals surface area contributed by atoms with E-state index in [1.54, 1.807) is 37.3 Å². The fraction of sp³-hybridized carbons (Fsp3) is 0.375. The lowest BCUT2D eigenvalue weighted by Crippen LogP contribution is -2.51. The van der Waals surface area contributed by atoms with E-state index in [-0.39, 0.29) is 44.1 Å². The number of ketones is 1. The molecule has 1 aliphatic heterocycles. The lowest BCUT2D eigenvalue weighted by atomic mass is 10.1. The summed E-state index contributed by atoms with van der Waals surface area (Å²) in [6.45, 7) is 3.36. The van der Waals surface area contributed by atoms with Gasteiger partial charge in [-0.2, -0.15) is 0 Å². The van der Waals surface area contributed by atoms with Crippen molar-refractivity contribution in [3.8, 4) is 5.75 Å². The molecule has 1 fully saturated rings. The minimum atomic E-state index is -1.05. The van der Waals surface area contributed by atoms with Crippen molar-refractivity contribution in [1.29, 1.82) is 0 Å². The second-order valence-corrected chi connectivity index (χ2v) is 7.67. The Labute approximate surface area is 195 Å². The predicted octanol–water partition coefficient (Wildman–Crippen LogP) is 3.80. The lowest BCUT2D eigenvalue weighted by Gasteiger charge is -2.34. The van der Waals surface area contributed by atoms with Crippen LogP contribution in [0.3, 0.4) is 0 Å². The first-order valence-corrected chi connectivity index (χ1v) is 10.9. The Balaban J connectivity index is 1.53. The molecule has 2 aromatic rings. The minimum Gasteiger partial charge on any atom is -0.485 e. The summed E-state index contributed by atoms with van der Waals surface area (Å²) >= 11 is 0. The van der Waals surface area contributed by atoms with Gasteiger partial charge in [-0.15, -0.1) is 0 Å². The van der Waals surface area contributed by atoms with E-state index < -0.39 is 41.6 Å². The molecule has 0 aliphatic carbocycles. The number of morpholine rings is 1. The Kier molecular flexibility index (Phi) is 8.53. The molecule has 3 rings (SSSR count). The molecule has 1 aliphatic rings. The molecule has 10 heteroatoms. The molecular weight excluding hydrogens is 450 g/mol. The Hall–Kier alpha value is -3.53. The smallest absolute Gasteiger partial charge is 0.412 e. The number of carbonyl (C=O) groups is 3. The van der Waals surface area contributed by atoms with Crippen LogP contribution in [-0.2, 0) is 14.3 Å². The van der Waals surface area contributed by atoms with Crippen molar-refractivity contribution in [2.45, 2.75) is 32.5 Å². The molecule has 0 saturated carbocycles. The molecule has 1 saturated heterocycles. The van der Waals surface area contributed by atoms with Crippen LogP contribution in [0.25, 0.3) is 0 Å². The number of rotatable bonds is 8. The minimum absolute atomic E-state index is 0.0687. The highest BCUT2D eigenvalue weighted by atomic mass is 19.1. The fourth-order valence-corrected chi connectivity index (χ4v) is 3.40. The molecule has 0 spiro atoms. The summed E-state index contributed by atoms with van der Waals surface area (Å²) in [6.07, 6.45) is -2.36. The first-order chi connectivity index (χ1) is 16.3. The van der Waals surface area contributed by atoms with E-state index in [4.69, 9.17) is 14.2 Å². The first kappa shape index (κ1) is 25.1. The molecule has 182 valence electrons. The predicted molar refractivity (Wildman–Crippen MR) is 119 cm³/mol. The zero-order valence-electron chi connectivity index (χ0n) is 18.9. The standard InChI is InChI=1S/C24H26F2N2O6/c1-3-21(29)16-11-19(25)22(20(26)12-16)33-14-18-13-28(9-10-32-18)23(30)15(2)34-24(31)27-17-7-5-4-6-8-17/h4-8,11-12,15,18H,3,9-10,13-14H2,1-2H3,(H,27,31)/t15-,18?/m1/s1. The average molecular weight is 476 g/mol. The van der Waals surface area contributed by atoms with Crippen LogP contribution < -0.4 is 10.1 Å². The van der Waals surface area contributed by atoms with Crippen molar-refractivity contribution in [1.82, 2.24) is 4.90 Å². The summed E-state index contributed by atoms with van der Waals surface area (Å²) in [6, 6.07) is 10.5. The number of nitrogens with one attached hydrogen (secondary N) is 1. The molecule has 0 aromatic heterocycles. The highest BCUT2D eigenvalue weighted by Crippen LogP contribution is 2.25. The van der Waals surface area contributed by atoms with E-state index in [1.165, 1.54) is 11.8 Å². The van der Waals surface area contributed by atoms with E-state index >= 15 is 0 Å². The lowest BCUT2D eigenvalue weighted by molar-refractivity contribution is -0.147. The Morgan fingerprint density at radius 1 is 1.18 bits per heavy atom. The summed E-state index contributed by atoms with van der Waals surface area (Å²) in [5.74, 6) is -3.42. The molecule has 0 radical (unpaired) electrons. The summed E-state index contributed by atoms with van der Waals surface area (Å²) in [7, 11) is 0. The molecule has 1 N–H and O–H groups in total. The third-order valence-corrected chi connectivity index (χ3v) is 5.16. The maximum absolute atomic E-state index is 14.3. The summed E-state index contributed by atoms with van der Waals surface area (Å²) in [4.78, 5) is 37.9. The largest absolute Gasteiger partial charge is 0.485 e. The van der Waals surface area contributed by atoms with Crippen LogP contribution in [0.2, 0.25) is 0 Å². The van der Waals surface area contributed by atoms with Gasteiger partial charge in [-0.25, -0.2) is 13.6 Å². The van der Waals surface area contributed by atoms with E-state index in [0.717, 1.165) is 12.1 Å². The molecule has 2 aromatic carbocycles. The van der Waals surface area contributed by atoms with E-state index in [1.807, 2.05) is 0 Å². The number of halogens is 2. The summed E-state index contributed by atoms with van der Waals surface area (Å²) < 4.78 is 44.5. The van der Waals surface area contributed by atoms with Crippen LogP contribution in [0.1, 0.15) is 30.6 Å². The zero-order valence-corrected chi connectivity index (χ0v) is 18.9. The number of benzene rings is 2. The molecule has 34 heavy (non-hydrogen) atoms. The number of hydrogen-bond donors (Lipinski definition) is 1. The van der Waals surface area contributed by atoms with Gasteiger partial charge < -0.3 is 19.1 Å². The highest BCUT2D eigenvalue weighted by molar-refractivity contribution is 5.96. The van der Waals surface area contributed by atoms with Crippen molar-refractivity contribution in [3.05, 3.63) is 59.7 Å². The molecule has 2 atom stereocenters. The molecule has 0 bridgehead atoms. The van der Waals surface area contributed by atoms with E-state index in [9.17, 15) is 23.2 Å². The number of amides is 2. The maximum Gasteiger partial charge on any atom is 0.412 e. The summed E-state index contributed by atoms with van der Waals surface area (Å²) in [5, 5.41) is 2.53. The van der Waals surface area contributed by atoms with Crippen LogP contribution in [0.5, 0.6) is 5.75 Å². The molecule has 1 unspecified atom stereocenters. The van der Waals surface area contributed by atoms with Crippen molar-refractivity contribution in [2.75, 3.05) is 31.6 Å². The second kappa shape index (κ2) is 11.6. The number of nitrogens with zero attached hydrogens (tertiary/aromatic N) is 1. The van der Waals surface area contributed by atoms with Crippen LogP contribution in [-0.4, -0.2) is 61.2 Å². The Morgan fingerprint density at radius 3 is 2.50 bits per heavy atom. The zero-order chi connectivity index (χ0) is 24.7. The monoisotopic (exact) mass is 476 g/mol. The number of Topliss-reactive ketones (excluding diaryl/α,β-unsaturated/α-hetero) is 1.